The molecule has 1 heterocycles. The van der Waals surface area contributed by atoms with E-state index in [1.165, 1.54) is 0 Å². The molecule has 4 N–H and O–H groups in total. The third-order valence-corrected chi connectivity index (χ3v) is 2.93. The van der Waals surface area contributed by atoms with Crippen LogP contribution in [0.3, 0.4) is 0 Å². The molecule has 0 spiro atoms. The number of amides is 1. The lowest BCUT2D eigenvalue weighted by atomic mass is 10.1. The molecule has 0 aromatic carbocycles. The van der Waals surface area contributed by atoms with Gasteiger partial charge in [-0.2, -0.15) is 0 Å². The zero-order valence-electron chi connectivity index (χ0n) is 10.6. The summed E-state index contributed by atoms with van der Waals surface area (Å²) in [6.45, 7) is 2.37. The van der Waals surface area contributed by atoms with E-state index in [-0.39, 0.29) is 18.7 Å². The number of carboxylic acids is 1. The Morgan fingerprint density at radius 3 is 2.67 bits per heavy atom. The van der Waals surface area contributed by atoms with Crippen molar-refractivity contribution >= 4 is 11.9 Å². The Morgan fingerprint density at radius 1 is 1.50 bits per heavy atom. The van der Waals surface area contributed by atoms with E-state index in [0.29, 0.717) is 6.54 Å². The standard InChI is InChI=1S/C12H19N3O3/c1-8-3-4-9(15(8)2)7-14-12(18)10(13)5-6-11(16)17/h3-4,10H,5-7,13H2,1-2H3,(H,14,18)(H,16,17). The van der Waals surface area contributed by atoms with E-state index < -0.39 is 12.0 Å². The molecule has 1 atom stereocenters. The second-order valence-corrected chi connectivity index (χ2v) is 4.28. The number of aromatic nitrogens is 1. The maximum atomic E-state index is 11.6. The molecule has 6 nitrogen and oxygen atoms in total. The Hall–Kier alpha value is -1.82. The van der Waals surface area contributed by atoms with Crippen molar-refractivity contribution in [3.8, 4) is 0 Å². The van der Waals surface area contributed by atoms with Gasteiger partial charge in [0.1, 0.15) is 0 Å². The average molecular weight is 253 g/mol. The van der Waals surface area contributed by atoms with Gasteiger partial charge in [0.05, 0.1) is 12.6 Å². The Bertz CT molecular complexity index is 440. The molecule has 0 aliphatic heterocycles. The third kappa shape index (κ3) is 3.89. The lowest BCUT2D eigenvalue weighted by Crippen LogP contribution is -2.40. The van der Waals surface area contributed by atoms with Crippen LogP contribution in [0.15, 0.2) is 12.1 Å². The predicted molar refractivity (Wildman–Crippen MR) is 66.8 cm³/mol. The van der Waals surface area contributed by atoms with Crippen LogP contribution < -0.4 is 11.1 Å². The first-order valence-corrected chi connectivity index (χ1v) is 5.78. The highest BCUT2D eigenvalue weighted by Gasteiger charge is 2.14. The molecule has 0 saturated heterocycles. The summed E-state index contributed by atoms with van der Waals surface area (Å²) in [5.74, 6) is -1.27. The number of carbonyl (C=O) groups is 2. The minimum Gasteiger partial charge on any atom is -0.481 e. The molecule has 18 heavy (non-hydrogen) atoms. The maximum Gasteiger partial charge on any atom is 0.303 e. The second-order valence-electron chi connectivity index (χ2n) is 4.28. The van der Waals surface area contributed by atoms with Crippen LogP contribution in [0.1, 0.15) is 24.2 Å². The van der Waals surface area contributed by atoms with E-state index >= 15 is 0 Å². The van der Waals surface area contributed by atoms with Crippen molar-refractivity contribution < 1.29 is 14.7 Å². The Labute approximate surface area is 106 Å². The number of nitrogens with two attached hydrogens (primary N) is 1. The van der Waals surface area contributed by atoms with Crippen LogP contribution in [0.25, 0.3) is 0 Å². The van der Waals surface area contributed by atoms with Gasteiger partial charge in [-0.15, -0.1) is 0 Å². The quantitative estimate of drug-likeness (QED) is 0.671. The number of rotatable bonds is 6. The summed E-state index contributed by atoms with van der Waals surface area (Å²) >= 11 is 0. The molecule has 1 amide bonds. The molecule has 0 aliphatic carbocycles. The first-order chi connectivity index (χ1) is 8.41. The van der Waals surface area contributed by atoms with Crippen LogP contribution >= 0.6 is 0 Å². The molecule has 1 aromatic rings. The Morgan fingerprint density at radius 2 is 2.17 bits per heavy atom. The van der Waals surface area contributed by atoms with Crippen LogP contribution in [0.4, 0.5) is 0 Å². The van der Waals surface area contributed by atoms with Crippen LogP contribution in [-0.4, -0.2) is 27.6 Å². The molecule has 1 aromatic heterocycles. The summed E-state index contributed by atoms with van der Waals surface area (Å²) in [5, 5.41) is 11.2. The number of carbonyl (C=O) groups excluding carboxylic acids is 1. The molecule has 0 saturated carbocycles. The van der Waals surface area contributed by atoms with Crippen molar-refractivity contribution in [1.82, 2.24) is 9.88 Å². The zero-order valence-corrected chi connectivity index (χ0v) is 10.6. The third-order valence-electron chi connectivity index (χ3n) is 2.93. The number of nitrogens with zero attached hydrogens (tertiary/aromatic N) is 1. The second kappa shape index (κ2) is 6.20. The number of aryl methyl sites for hydroxylation is 1. The van der Waals surface area contributed by atoms with E-state index in [9.17, 15) is 9.59 Å². The SMILES string of the molecule is Cc1ccc(CNC(=O)C(N)CCC(=O)O)n1C. The first-order valence-electron chi connectivity index (χ1n) is 5.78. The van der Waals surface area contributed by atoms with Gasteiger partial charge >= 0.3 is 5.97 Å². The van der Waals surface area contributed by atoms with Gasteiger partial charge < -0.3 is 20.7 Å². The molecule has 0 bridgehead atoms. The smallest absolute Gasteiger partial charge is 0.303 e. The summed E-state index contributed by atoms with van der Waals surface area (Å²) in [6, 6.07) is 3.12. The predicted octanol–water partition coefficient (Wildman–Crippen LogP) is 0.142. The van der Waals surface area contributed by atoms with Crippen molar-refractivity contribution in [1.29, 1.82) is 0 Å². The molecular weight excluding hydrogens is 234 g/mol. The number of nitrogens with one attached hydrogen (secondary N) is 1. The van der Waals surface area contributed by atoms with Gasteiger partial charge in [0.15, 0.2) is 0 Å². The van der Waals surface area contributed by atoms with Gasteiger partial charge in [-0.25, -0.2) is 0 Å². The Balaban J connectivity index is 2.41. The summed E-state index contributed by atoms with van der Waals surface area (Å²) in [7, 11) is 1.92. The number of hydrogen-bond donors (Lipinski definition) is 3. The van der Waals surface area contributed by atoms with Crippen molar-refractivity contribution in [3.63, 3.8) is 0 Å². The van der Waals surface area contributed by atoms with Gasteiger partial charge in [0.25, 0.3) is 0 Å². The van der Waals surface area contributed by atoms with Crippen molar-refractivity contribution in [2.24, 2.45) is 12.8 Å². The normalized spacial score (nSPS) is 12.2. The van der Waals surface area contributed by atoms with E-state index in [1.54, 1.807) is 0 Å². The number of aliphatic carboxylic acids is 1. The highest BCUT2D eigenvalue weighted by atomic mass is 16.4. The van der Waals surface area contributed by atoms with Crippen molar-refractivity contribution in [2.75, 3.05) is 0 Å². The Kier molecular flexibility index (Phi) is 4.91. The van der Waals surface area contributed by atoms with Gasteiger partial charge in [-0.3, -0.25) is 9.59 Å². The summed E-state index contributed by atoms with van der Waals surface area (Å²) < 4.78 is 1.98. The fourth-order valence-corrected chi connectivity index (χ4v) is 1.56. The van der Waals surface area contributed by atoms with E-state index in [1.807, 2.05) is 30.7 Å². The summed E-state index contributed by atoms with van der Waals surface area (Å²) in [5.41, 5.74) is 7.67. The molecule has 1 unspecified atom stereocenters. The van der Waals surface area contributed by atoms with Crippen molar-refractivity contribution in [2.45, 2.75) is 32.4 Å². The number of hydrogen-bond acceptors (Lipinski definition) is 3. The van der Waals surface area contributed by atoms with Gasteiger partial charge in [-0.05, 0) is 25.5 Å². The minimum absolute atomic E-state index is 0.0994. The van der Waals surface area contributed by atoms with Gasteiger partial charge in [-0.1, -0.05) is 0 Å². The van der Waals surface area contributed by atoms with Crippen molar-refractivity contribution in [3.05, 3.63) is 23.5 Å². The van der Waals surface area contributed by atoms with Gasteiger partial charge in [0.2, 0.25) is 5.91 Å². The molecule has 0 radical (unpaired) electrons. The highest BCUT2D eigenvalue weighted by Crippen LogP contribution is 2.05. The molecule has 1 rings (SSSR count). The zero-order chi connectivity index (χ0) is 13.7. The fraction of sp³-hybridized carbons (Fsp3) is 0.500. The molecule has 0 aliphatic rings. The van der Waals surface area contributed by atoms with Crippen LogP contribution in [0.2, 0.25) is 0 Å². The highest BCUT2D eigenvalue weighted by molar-refractivity contribution is 5.82. The molecule has 6 heteroatoms. The topological polar surface area (TPSA) is 97.3 Å². The van der Waals surface area contributed by atoms with Crippen LogP contribution in [-0.2, 0) is 23.2 Å². The number of carboxylic acid groups (broad SMARTS) is 1. The fourth-order valence-electron chi connectivity index (χ4n) is 1.56. The molecular formula is C12H19N3O3. The minimum atomic E-state index is -0.948. The van der Waals surface area contributed by atoms with E-state index in [0.717, 1.165) is 11.4 Å². The average Bonchev–Trinajstić information content (AvgIpc) is 2.64. The van der Waals surface area contributed by atoms with E-state index in [2.05, 4.69) is 5.32 Å². The largest absolute Gasteiger partial charge is 0.481 e. The first kappa shape index (κ1) is 14.2. The van der Waals surface area contributed by atoms with Crippen LogP contribution in [0.5, 0.6) is 0 Å². The monoisotopic (exact) mass is 253 g/mol. The summed E-state index contributed by atoms with van der Waals surface area (Å²) in [6.07, 6.45) is 0.0468. The lowest BCUT2D eigenvalue weighted by Gasteiger charge is -2.12. The summed E-state index contributed by atoms with van der Waals surface area (Å²) in [4.78, 5) is 22.0. The van der Waals surface area contributed by atoms with Gasteiger partial charge in [0, 0.05) is 24.9 Å². The maximum absolute atomic E-state index is 11.6. The molecule has 100 valence electrons. The molecule has 0 fully saturated rings. The van der Waals surface area contributed by atoms with Crippen LogP contribution in [0, 0.1) is 6.92 Å². The lowest BCUT2D eigenvalue weighted by molar-refractivity contribution is -0.137. The van der Waals surface area contributed by atoms with E-state index in [4.69, 9.17) is 10.8 Å².